The molecule has 1 heterocycles. The van der Waals surface area contributed by atoms with Crippen LogP contribution in [0.3, 0.4) is 0 Å². The molecule has 2 aromatic rings. The summed E-state index contributed by atoms with van der Waals surface area (Å²) in [5.41, 5.74) is 1.42. The summed E-state index contributed by atoms with van der Waals surface area (Å²) >= 11 is 1.67. The summed E-state index contributed by atoms with van der Waals surface area (Å²) in [6.45, 7) is 4.17. The lowest BCUT2D eigenvalue weighted by atomic mass is 10.1. The normalized spacial score (nSPS) is 13.4. The maximum Gasteiger partial charge on any atom is 0.263 e. The van der Waals surface area contributed by atoms with Gasteiger partial charge in [-0.3, -0.25) is 19.3 Å². The van der Waals surface area contributed by atoms with E-state index in [0.29, 0.717) is 22.1 Å². The number of thioether (sulfide) groups is 1. The number of carbonyl (C=O) groups is 3. The van der Waals surface area contributed by atoms with E-state index in [-0.39, 0.29) is 17.4 Å². The minimum atomic E-state index is -0.403. The summed E-state index contributed by atoms with van der Waals surface area (Å²) < 4.78 is 0. The molecule has 3 amide bonds. The molecule has 0 aromatic heterocycles. The van der Waals surface area contributed by atoms with E-state index in [1.807, 2.05) is 18.2 Å². The minimum Gasteiger partial charge on any atom is -0.321 e. The summed E-state index contributed by atoms with van der Waals surface area (Å²) in [6.07, 6.45) is 0. The van der Waals surface area contributed by atoms with Crippen molar-refractivity contribution in [1.82, 2.24) is 4.90 Å². The van der Waals surface area contributed by atoms with E-state index >= 15 is 0 Å². The van der Waals surface area contributed by atoms with E-state index in [4.69, 9.17) is 0 Å². The molecule has 0 atom stereocenters. The number of fused-ring (bicyclic) bond motifs is 1. The number of carbonyl (C=O) groups excluding carboxylic acids is 3. The van der Waals surface area contributed by atoms with Crippen molar-refractivity contribution < 1.29 is 14.4 Å². The van der Waals surface area contributed by atoms with Crippen molar-refractivity contribution in [2.75, 3.05) is 12.4 Å². The zero-order valence-electron chi connectivity index (χ0n) is 14.2. The van der Waals surface area contributed by atoms with Crippen LogP contribution in [0.25, 0.3) is 0 Å². The van der Waals surface area contributed by atoms with Gasteiger partial charge in [0.05, 0.1) is 16.8 Å². The number of nitrogens with zero attached hydrogens (tertiary/aromatic N) is 1. The van der Waals surface area contributed by atoms with Gasteiger partial charge in [0.25, 0.3) is 17.7 Å². The summed E-state index contributed by atoms with van der Waals surface area (Å²) in [5, 5.41) is 3.17. The van der Waals surface area contributed by atoms with Crippen LogP contribution in [0.1, 0.15) is 44.9 Å². The van der Waals surface area contributed by atoms with Crippen LogP contribution in [0.2, 0.25) is 0 Å². The highest BCUT2D eigenvalue weighted by Crippen LogP contribution is 2.29. The molecule has 128 valence electrons. The summed E-state index contributed by atoms with van der Waals surface area (Å²) in [4.78, 5) is 39.0. The van der Waals surface area contributed by atoms with Crippen molar-refractivity contribution in [2.24, 2.45) is 0 Å². The predicted octanol–water partition coefficient (Wildman–Crippen LogP) is 3.67. The molecule has 1 N–H and O–H groups in total. The zero-order chi connectivity index (χ0) is 18.1. The largest absolute Gasteiger partial charge is 0.321 e. The lowest BCUT2D eigenvalue weighted by Crippen LogP contribution is -2.24. The van der Waals surface area contributed by atoms with Gasteiger partial charge in [-0.05, 0) is 30.3 Å². The number of hydrogen-bond donors (Lipinski definition) is 1. The molecule has 0 unspecified atom stereocenters. The van der Waals surface area contributed by atoms with Gasteiger partial charge < -0.3 is 5.32 Å². The van der Waals surface area contributed by atoms with Gasteiger partial charge in [0.15, 0.2) is 0 Å². The molecule has 0 saturated carbocycles. The van der Waals surface area contributed by atoms with Gasteiger partial charge in [0, 0.05) is 22.8 Å². The molecule has 0 spiro atoms. The van der Waals surface area contributed by atoms with Crippen LogP contribution < -0.4 is 5.32 Å². The summed E-state index contributed by atoms with van der Waals surface area (Å²) in [7, 11) is 1.43. The monoisotopic (exact) mass is 354 g/mol. The number of anilines is 1. The molecule has 0 aliphatic carbocycles. The van der Waals surface area contributed by atoms with Crippen molar-refractivity contribution in [3.63, 3.8) is 0 Å². The first-order chi connectivity index (χ1) is 11.9. The smallest absolute Gasteiger partial charge is 0.263 e. The molecule has 1 aliphatic heterocycles. The van der Waals surface area contributed by atoms with Crippen molar-refractivity contribution >= 4 is 35.2 Å². The van der Waals surface area contributed by atoms with Gasteiger partial charge in [-0.15, -0.1) is 11.8 Å². The third kappa shape index (κ3) is 3.30. The van der Waals surface area contributed by atoms with E-state index < -0.39 is 5.91 Å². The van der Waals surface area contributed by atoms with Crippen molar-refractivity contribution in [3.05, 3.63) is 59.2 Å². The second kappa shape index (κ2) is 6.72. The van der Waals surface area contributed by atoms with Crippen LogP contribution >= 0.6 is 11.8 Å². The zero-order valence-corrected chi connectivity index (χ0v) is 15.0. The van der Waals surface area contributed by atoms with Crippen LogP contribution in [0.4, 0.5) is 5.69 Å². The molecule has 0 fully saturated rings. The highest BCUT2D eigenvalue weighted by Gasteiger charge is 2.35. The Morgan fingerprint density at radius 3 is 2.52 bits per heavy atom. The van der Waals surface area contributed by atoms with E-state index in [1.54, 1.807) is 36.0 Å². The average Bonchev–Trinajstić information content (AvgIpc) is 2.80. The Hall–Kier alpha value is -2.60. The quantitative estimate of drug-likeness (QED) is 0.672. The van der Waals surface area contributed by atoms with E-state index in [9.17, 15) is 14.4 Å². The third-order valence-electron chi connectivity index (χ3n) is 3.83. The molecule has 0 radical (unpaired) electrons. The molecule has 2 aromatic carbocycles. The SMILES string of the molecule is CC(C)Sc1cccc(C(=O)Nc2cccc3c2C(=O)N(C)C3=O)c1. The fraction of sp³-hybridized carbons (Fsp3) is 0.211. The number of hydrogen-bond acceptors (Lipinski definition) is 4. The van der Waals surface area contributed by atoms with Crippen LogP contribution in [0, 0.1) is 0 Å². The molecular weight excluding hydrogens is 336 g/mol. The van der Waals surface area contributed by atoms with Crippen molar-refractivity contribution in [3.8, 4) is 0 Å². The van der Waals surface area contributed by atoms with E-state index in [2.05, 4.69) is 19.2 Å². The number of rotatable bonds is 4. The number of amides is 3. The first kappa shape index (κ1) is 17.2. The van der Waals surface area contributed by atoms with E-state index in [0.717, 1.165) is 9.80 Å². The van der Waals surface area contributed by atoms with Crippen molar-refractivity contribution in [2.45, 2.75) is 24.0 Å². The molecule has 3 rings (SSSR count). The molecule has 6 heteroatoms. The van der Waals surface area contributed by atoms with Crippen LogP contribution in [0.5, 0.6) is 0 Å². The molecular formula is C19H18N2O3S. The maximum absolute atomic E-state index is 12.6. The Balaban J connectivity index is 1.89. The van der Waals surface area contributed by atoms with Gasteiger partial charge in [-0.1, -0.05) is 26.0 Å². The molecule has 25 heavy (non-hydrogen) atoms. The van der Waals surface area contributed by atoms with Gasteiger partial charge in [-0.25, -0.2) is 0 Å². The van der Waals surface area contributed by atoms with Gasteiger partial charge in [-0.2, -0.15) is 0 Å². The molecule has 5 nitrogen and oxygen atoms in total. The fourth-order valence-corrected chi connectivity index (χ4v) is 3.58. The topological polar surface area (TPSA) is 66.5 Å². The Morgan fingerprint density at radius 2 is 1.80 bits per heavy atom. The maximum atomic E-state index is 12.6. The number of benzene rings is 2. The lowest BCUT2D eigenvalue weighted by molar-refractivity contribution is 0.0693. The predicted molar refractivity (Wildman–Crippen MR) is 98.3 cm³/mol. The number of imide groups is 1. The van der Waals surface area contributed by atoms with Gasteiger partial charge in [0.2, 0.25) is 0 Å². The first-order valence-electron chi connectivity index (χ1n) is 7.92. The third-order valence-corrected chi connectivity index (χ3v) is 4.83. The molecule has 0 bridgehead atoms. The second-order valence-corrected chi connectivity index (χ2v) is 7.70. The summed E-state index contributed by atoms with van der Waals surface area (Å²) in [5.74, 6) is -1.07. The molecule has 1 aliphatic rings. The minimum absolute atomic E-state index is 0.246. The van der Waals surface area contributed by atoms with Crippen molar-refractivity contribution in [1.29, 1.82) is 0 Å². The van der Waals surface area contributed by atoms with Crippen LogP contribution in [0.15, 0.2) is 47.4 Å². The van der Waals surface area contributed by atoms with Gasteiger partial charge >= 0.3 is 0 Å². The fourth-order valence-electron chi connectivity index (χ4n) is 2.68. The Kier molecular flexibility index (Phi) is 4.63. The highest BCUT2D eigenvalue weighted by atomic mass is 32.2. The summed E-state index contributed by atoms with van der Waals surface area (Å²) in [6, 6.07) is 12.2. The highest BCUT2D eigenvalue weighted by molar-refractivity contribution is 7.99. The van der Waals surface area contributed by atoms with E-state index in [1.165, 1.54) is 7.05 Å². The van der Waals surface area contributed by atoms with Crippen LogP contribution in [-0.4, -0.2) is 34.9 Å². The average molecular weight is 354 g/mol. The van der Waals surface area contributed by atoms with Crippen LogP contribution in [-0.2, 0) is 0 Å². The first-order valence-corrected chi connectivity index (χ1v) is 8.80. The second-order valence-electron chi connectivity index (χ2n) is 6.05. The Morgan fingerprint density at radius 1 is 1.08 bits per heavy atom. The number of nitrogens with one attached hydrogen (secondary N) is 1. The molecule has 0 saturated heterocycles. The standard InChI is InChI=1S/C19H18N2O3S/c1-11(2)25-13-7-4-6-12(10-13)17(22)20-15-9-5-8-14-16(15)19(24)21(3)18(14)23/h4-11H,1-3H3,(H,20,22). The lowest BCUT2D eigenvalue weighted by Gasteiger charge is -2.10. The Bertz CT molecular complexity index is 877. The Labute approximate surface area is 150 Å². The van der Waals surface area contributed by atoms with Gasteiger partial charge in [0.1, 0.15) is 0 Å².